The molecule has 0 radical (unpaired) electrons. The molecule has 0 fully saturated rings. The highest BCUT2D eigenvalue weighted by Gasteiger charge is 2.20. The zero-order valence-corrected chi connectivity index (χ0v) is 20.1. The van der Waals surface area contributed by atoms with Crippen LogP contribution in [0.5, 0.6) is 5.75 Å². The van der Waals surface area contributed by atoms with E-state index in [2.05, 4.69) is 77.4 Å². The van der Waals surface area contributed by atoms with Crippen LogP contribution in [0.25, 0.3) is 44.2 Å². The van der Waals surface area contributed by atoms with Gasteiger partial charge in [0.25, 0.3) is 0 Å². The van der Waals surface area contributed by atoms with Crippen molar-refractivity contribution in [3.8, 4) is 28.1 Å². The second kappa shape index (κ2) is 9.68. The molecule has 4 heteroatoms. The summed E-state index contributed by atoms with van der Waals surface area (Å²) in [6.07, 6.45) is 1.97. The van der Waals surface area contributed by atoms with Crippen molar-refractivity contribution in [3.05, 3.63) is 121 Å². The Morgan fingerprint density at radius 2 is 1.39 bits per heavy atom. The number of ether oxygens (including phenoxy) is 2. The minimum atomic E-state index is 0.435. The molecule has 6 aromatic rings. The van der Waals surface area contributed by atoms with Gasteiger partial charge in [-0.1, -0.05) is 91.0 Å². The molecule has 4 aromatic carbocycles. The molecule has 0 unspecified atom stereocenters. The Bertz CT molecular complexity index is 1630. The smallest absolute Gasteiger partial charge is 0.123 e. The summed E-state index contributed by atoms with van der Waals surface area (Å²) in [6, 6.07) is 37.4. The average molecular weight is 471 g/mol. The Morgan fingerprint density at radius 3 is 2.08 bits per heavy atom. The van der Waals surface area contributed by atoms with Crippen molar-refractivity contribution >= 4 is 21.8 Å². The van der Waals surface area contributed by atoms with E-state index in [1.165, 1.54) is 0 Å². The van der Waals surface area contributed by atoms with Crippen LogP contribution in [0, 0.1) is 0 Å². The zero-order chi connectivity index (χ0) is 24.3. The third-order valence-corrected chi connectivity index (χ3v) is 6.49. The monoisotopic (exact) mass is 470 g/mol. The maximum absolute atomic E-state index is 6.22. The quantitative estimate of drug-likeness (QED) is 0.240. The summed E-state index contributed by atoms with van der Waals surface area (Å²) in [7, 11) is 1.72. The summed E-state index contributed by atoms with van der Waals surface area (Å²) in [6.45, 7) is 0.955. The second-order valence-electron chi connectivity index (χ2n) is 8.77. The van der Waals surface area contributed by atoms with Gasteiger partial charge in [0.1, 0.15) is 19.1 Å². The van der Waals surface area contributed by atoms with E-state index < -0.39 is 0 Å². The first-order valence-corrected chi connectivity index (χ1v) is 12.0. The van der Waals surface area contributed by atoms with Gasteiger partial charge in [-0.2, -0.15) is 0 Å². The maximum Gasteiger partial charge on any atom is 0.123 e. The molecular weight excluding hydrogens is 444 g/mol. The number of hydrogen-bond acceptors (Lipinski definition) is 3. The standard InChI is InChI=1S/C32H26N2O2/c1-35-22-34-28-18-17-26(36-21-23-11-5-2-6-12-23)19-27(28)31-29(34)20-33-32(25-15-9-4-10-16-25)30(31)24-13-7-3-8-14-24/h2-20H,21-22H2,1H3. The first kappa shape index (κ1) is 22.1. The number of pyridine rings is 1. The number of hydrogen-bond donors (Lipinski definition) is 0. The lowest BCUT2D eigenvalue weighted by atomic mass is 9.95. The molecule has 0 N–H and O–H groups in total. The summed E-state index contributed by atoms with van der Waals surface area (Å²) in [4.78, 5) is 4.98. The molecule has 4 nitrogen and oxygen atoms in total. The van der Waals surface area contributed by atoms with Crippen LogP contribution in [-0.2, 0) is 18.1 Å². The van der Waals surface area contributed by atoms with E-state index in [1.54, 1.807) is 7.11 Å². The van der Waals surface area contributed by atoms with Crippen molar-refractivity contribution < 1.29 is 9.47 Å². The van der Waals surface area contributed by atoms with Crippen molar-refractivity contribution in [2.75, 3.05) is 7.11 Å². The SMILES string of the molecule is COCn1c2ccc(OCc3ccccc3)cc2c2c(-c3ccccc3)c(-c3ccccc3)ncc21. The highest BCUT2D eigenvalue weighted by atomic mass is 16.5. The molecule has 6 rings (SSSR count). The van der Waals surface area contributed by atoms with Crippen LogP contribution in [0.1, 0.15) is 5.56 Å². The molecule has 2 aromatic heterocycles. The van der Waals surface area contributed by atoms with E-state index in [0.717, 1.165) is 55.5 Å². The van der Waals surface area contributed by atoms with Gasteiger partial charge in [0.15, 0.2) is 0 Å². The number of rotatable bonds is 7. The highest BCUT2D eigenvalue weighted by Crippen LogP contribution is 2.42. The molecule has 0 spiro atoms. The maximum atomic E-state index is 6.22. The highest BCUT2D eigenvalue weighted by molar-refractivity contribution is 6.17. The number of fused-ring (bicyclic) bond motifs is 3. The van der Waals surface area contributed by atoms with E-state index in [4.69, 9.17) is 14.5 Å². The van der Waals surface area contributed by atoms with Gasteiger partial charge in [0, 0.05) is 29.0 Å². The van der Waals surface area contributed by atoms with Crippen LogP contribution in [0.3, 0.4) is 0 Å². The van der Waals surface area contributed by atoms with Crippen molar-refractivity contribution in [3.63, 3.8) is 0 Å². The number of benzene rings is 4. The van der Waals surface area contributed by atoms with Crippen LogP contribution < -0.4 is 4.74 Å². The van der Waals surface area contributed by atoms with Crippen LogP contribution in [-0.4, -0.2) is 16.7 Å². The van der Waals surface area contributed by atoms with Crippen molar-refractivity contribution in [2.45, 2.75) is 13.3 Å². The van der Waals surface area contributed by atoms with Crippen molar-refractivity contribution in [1.82, 2.24) is 9.55 Å². The first-order valence-electron chi connectivity index (χ1n) is 12.0. The number of nitrogens with zero attached hydrogens (tertiary/aromatic N) is 2. The van der Waals surface area contributed by atoms with Crippen LogP contribution in [0.15, 0.2) is 115 Å². The molecular formula is C32H26N2O2. The van der Waals surface area contributed by atoms with Gasteiger partial charge in [-0.3, -0.25) is 4.98 Å². The molecule has 176 valence electrons. The Balaban J connectivity index is 1.61. The van der Waals surface area contributed by atoms with Crippen LogP contribution in [0.4, 0.5) is 0 Å². The fourth-order valence-electron chi connectivity index (χ4n) is 4.86. The molecule has 0 aliphatic carbocycles. The molecule has 0 saturated carbocycles. The summed E-state index contributed by atoms with van der Waals surface area (Å²) in [5.41, 5.74) is 7.54. The lowest BCUT2D eigenvalue weighted by molar-refractivity contribution is 0.138. The lowest BCUT2D eigenvalue weighted by Gasteiger charge is -2.12. The van der Waals surface area contributed by atoms with E-state index >= 15 is 0 Å². The molecule has 0 aliphatic heterocycles. The van der Waals surface area contributed by atoms with Crippen LogP contribution >= 0.6 is 0 Å². The Kier molecular flexibility index (Phi) is 5.94. The van der Waals surface area contributed by atoms with Gasteiger partial charge < -0.3 is 14.0 Å². The van der Waals surface area contributed by atoms with Crippen LogP contribution in [0.2, 0.25) is 0 Å². The minimum absolute atomic E-state index is 0.435. The minimum Gasteiger partial charge on any atom is -0.489 e. The van der Waals surface area contributed by atoms with E-state index in [1.807, 2.05) is 42.6 Å². The van der Waals surface area contributed by atoms with Gasteiger partial charge in [-0.25, -0.2) is 0 Å². The van der Waals surface area contributed by atoms with E-state index in [9.17, 15) is 0 Å². The van der Waals surface area contributed by atoms with Gasteiger partial charge in [0.2, 0.25) is 0 Å². The summed E-state index contributed by atoms with van der Waals surface area (Å²) < 4.78 is 14.0. The van der Waals surface area contributed by atoms with Gasteiger partial charge in [0.05, 0.1) is 22.9 Å². The molecule has 0 aliphatic rings. The Hall–Kier alpha value is -4.41. The fraction of sp³-hybridized carbons (Fsp3) is 0.0938. The van der Waals surface area contributed by atoms with Gasteiger partial charge in [-0.05, 0) is 29.3 Å². The Morgan fingerprint density at radius 1 is 0.722 bits per heavy atom. The average Bonchev–Trinajstić information content (AvgIpc) is 3.26. The fourth-order valence-corrected chi connectivity index (χ4v) is 4.86. The van der Waals surface area contributed by atoms with Crippen molar-refractivity contribution in [1.29, 1.82) is 0 Å². The topological polar surface area (TPSA) is 36.3 Å². The van der Waals surface area contributed by atoms with E-state index in [-0.39, 0.29) is 0 Å². The van der Waals surface area contributed by atoms with E-state index in [0.29, 0.717) is 13.3 Å². The predicted molar refractivity (Wildman–Crippen MR) is 146 cm³/mol. The van der Waals surface area contributed by atoms with Crippen molar-refractivity contribution in [2.24, 2.45) is 0 Å². The Labute approximate surface area is 210 Å². The molecule has 36 heavy (non-hydrogen) atoms. The third kappa shape index (κ3) is 4.02. The molecule has 0 saturated heterocycles. The lowest BCUT2D eigenvalue weighted by Crippen LogP contribution is -2.00. The summed E-state index contributed by atoms with van der Waals surface area (Å²) in [5, 5.41) is 2.26. The normalized spacial score (nSPS) is 11.2. The predicted octanol–water partition coefficient (Wildman–Crippen LogP) is 7.71. The molecule has 0 bridgehead atoms. The second-order valence-corrected chi connectivity index (χ2v) is 8.77. The van der Waals surface area contributed by atoms with Gasteiger partial charge >= 0.3 is 0 Å². The molecule has 0 atom stereocenters. The van der Waals surface area contributed by atoms with Gasteiger partial charge in [-0.15, -0.1) is 0 Å². The number of methoxy groups -OCH3 is 1. The third-order valence-electron chi connectivity index (χ3n) is 6.49. The molecule has 2 heterocycles. The zero-order valence-electron chi connectivity index (χ0n) is 20.1. The summed E-state index contributed by atoms with van der Waals surface area (Å²) >= 11 is 0. The molecule has 0 amide bonds. The largest absolute Gasteiger partial charge is 0.489 e. The first-order chi connectivity index (χ1) is 17.8. The summed E-state index contributed by atoms with van der Waals surface area (Å²) in [5.74, 6) is 0.833. The number of aromatic nitrogens is 2.